The van der Waals surface area contributed by atoms with Crippen LogP contribution in [0.3, 0.4) is 0 Å². The fourth-order valence-corrected chi connectivity index (χ4v) is 2.21. The van der Waals surface area contributed by atoms with Gasteiger partial charge in [0, 0.05) is 17.0 Å². The van der Waals surface area contributed by atoms with Gasteiger partial charge in [-0.2, -0.15) is 0 Å². The van der Waals surface area contributed by atoms with Crippen LogP contribution in [-0.2, 0) is 0 Å². The summed E-state index contributed by atoms with van der Waals surface area (Å²) in [5.74, 6) is 0. The van der Waals surface area contributed by atoms with Gasteiger partial charge in [-0.1, -0.05) is 18.2 Å². The normalized spacial score (nSPS) is 10.2. The van der Waals surface area contributed by atoms with Crippen molar-refractivity contribution in [2.75, 3.05) is 0 Å². The van der Waals surface area contributed by atoms with Gasteiger partial charge in [-0.3, -0.25) is 0 Å². The van der Waals surface area contributed by atoms with Crippen LogP contribution in [0.5, 0.6) is 0 Å². The molecule has 0 fully saturated rings. The van der Waals surface area contributed by atoms with Gasteiger partial charge < -0.3 is 5.21 Å². The molecule has 0 aliphatic carbocycles. The Morgan fingerprint density at radius 3 is 2.47 bits per heavy atom. The molecule has 1 aromatic carbocycles. The van der Waals surface area contributed by atoms with Gasteiger partial charge in [0.2, 0.25) is 0 Å². The molecule has 0 aliphatic heterocycles. The molecular formula is C11H8ClNOS. The van der Waals surface area contributed by atoms with Crippen molar-refractivity contribution < 1.29 is 4.73 Å². The molecule has 76 valence electrons. The second-order valence-corrected chi connectivity index (χ2v) is 4.38. The van der Waals surface area contributed by atoms with Gasteiger partial charge >= 0.3 is 0 Å². The number of pyridine rings is 1. The van der Waals surface area contributed by atoms with E-state index in [2.05, 4.69) is 0 Å². The SMILES string of the molecule is [O-][n+]1c(Cl)cccc1Sc1ccccc1. The highest BCUT2D eigenvalue weighted by molar-refractivity contribution is 7.99. The minimum absolute atomic E-state index is 0.191. The summed E-state index contributed by atoms with van der Waals surface area (Å²) in [6.45, 7) is 0. The molecule has 2 aromatic rings. The zero-order valence-corrected chi connectivity index (χ0v) is 9.33. The fourth-order valence-electron chi connectivity index (χ4n) is 1.14. The van der Waals surface area contributed by atoms with E-state index in [1.807, 2.05) is 30.3 Å². The third-order valence-electron chi connectivity index (χ3n) is 1.83. The van der Waals surface area contributed by atoms with Crippen molar-refractivity contribution in [2.24, 2.45) is 0 Å². The first-order chi connectivity index (χ1) is 7.27. The largest absolute Gasteiger partial charge is 0.617 e. The first kappa shape index (κ1) is 10.3. The quantitative estimate of drug-likeness (QED) is 0.456. The van der Waals surface area contributed by atoms with Crippen LogP contribution in [0.4, 0.5) is 0 Å². The predicted octanol–water partition coefficient (Wildman–Crippen LogP) is 3.12. The van der Waals surface area contributed by atoms with E-state index >= 15 is 0 Å². The molecule has 15 heavy (non-hydrogen) atoms. The summed E-state index contributed by atoms with van der Waals surface area (Å²) in [7, 11) is 0. The van der Waals surface area contributed by atoms with E-state index in [-0.39, 0.29) is 5.15 Å². The second-order valence-electron chi connectivity index (χ2n) is 2.90. The molecule has 1 heterocycles. The van der Waals surface area contributed by atoms with Crippen LogP contribution in [0.1, 0.15) is 0 Å². The van der Waals surface area contributed by atoms with Crippen LogP contribution in [0.15, 0.2) is 58.5 Å². The van der Waals surface area contributed by atoms with E-state index in [0.717, 1.165) is 9.63 Å². The van der Waals surface area contributed by atoms with Gasteiger partial charge in [-0.15, -0.1) is 4.73 Å². The molecule has 0 saturated heterocycles. The average molecular weight is 238 g/mol. The zero-order chi connectivity index (χ0) is 10.7. The first-order valence-electron chi connectivity index (χ1n) is 4.38. The number of hydrogen-bond acceptors (Lipinski definition) is 2. The summed E-state index contributed by atoms with van der Waals surface area (Å²) < 4.78 is 0.721. The monoisotopic (exact) mass is 237 g/mol. The number of nitrogens with zero attached hydrogens (tertiary/aromatic N) is 1. The van der Waals surface area contributed by atoms with E-state index in [1.165, 1.54) is 11.8 Å². The molecule has 2 rings (SSSR count). The topological polar surface area (TPSA) is 26.9 Å². The number of aromatic nitrogens is 1. The predicted molar refractivity (Wildman–Crippen MR) is 61.0 cm³/mol. The second kappa shape index (κ2) is 4.55. The maximum absolute atomic E-state index is 11.5. The summed E-state index contributed by atoms with van der Waals surface area (Å²) >= 11 is 7.11. The van der Waals surface area contributed by atoms with Crippen molar-refractivity contribution in [3.05, 3.63) is 58.9 Å². The van der Waals surface area contributed by atoms with Crippen LogP contribution in [0.25, 0.3) is 0 Å². The number of rotatable bonds is 2. The lowest BCUT2D eigenvalue weighted by molar-refractivity contribution is -0.643. The first-order valence-corrected chi connectivity index (χ1v) is 5.58. The minimum Gasteiger partial charge on any atom is -0.617 e. The van der Waals surface area contributed by atoms with Crippen molar-refractivity contribution in [3.8, 4) is 0 Å². The highest BCUT2D eigenvalue weighted by atomic mass is 35.5. The molecule has 0 unspecified atom stereocenters. The summed E-state index contributed by atoms with van der Waals surface area (Å²) in [5, 5.41) is 12.3. The van der Waals surface area contributed by atoms with Crippen molar-refractivity contribution in [1.29, 1.82) is 0 Å². The van der Waals surface area contributed by atoms with Crippen LogP contribution >= 0.6 is 23.4 Å². The molecule has 0 N–H and O–H groups in total. The van der Waals surface area contributed by atoms with Gasteiger partial charge in [0.05, 0.1) is 0 Å². The Morgan fingerprint density at radius 1 is 1.00 bits per heavy atom. The Morgan fingerprint density at radius 2 is 1.73 bits per heavy atom. The molecule has 0 saturated carbocycles. The van der Waals surface area contributed by atoms with Gasteiger partial charge in [-0.25, -0.2) is 0 Å². The van der Waals surface area contributed by atoms with E-state index < -0.39 is 0 Å². The van der Waals surface area contributed by atoms with E-state index in [9.17, 15) is 5.21 Å². The molecule has 4 heteroatoms. The van der Waals surface area contributed by atoms with Gasteiger partial charge in [0.15, 0.2) is 0 Å². The van der Waals surface area contributed by atoms with E-state index in [4.69, 9.17) is 11.6 Å². The number of benzene rings is 1. The van der Waals surface area contributed by atoms with Crippen LogP contribution < -0.4 is 4.73 Å². The number of hydrogen-bond donors (Lipinski definition) is 0. The van der Waals surface area contributed by atoms with Crippen LogP contribution in [-0.4, -0.2) is 0 Å². The summed E-state index contributed by atoms with van der Waals surface area (Å²) in [6.07, 6.45) is 0. The Hall–Kier alpha value is -1.19. The lowest BCUT2D eigenvalue weighted by atomic mass is 10.4. The van der Waals surface area contributed by atoms with Crippen molar-refractivity contribution >= 4 is 23.4 Å². The lowest BCUT2D eigenvalue weighted by Gasteiger charge is -2.04. The molecule has 0 spiro atoms. The Bertz CT molecular complexity index is 461. The summed E-state index contributed by atoms with van der Waals surface area (Å²) in [4.78, 5) is 1.02. The van der Waals surface area contributed by atoms with Crippen molar-refractivity contribution in [1.82, 2.24) is 0 Å². The molecule has 0 radical (unpaired) electrons. The Balaban J connectivity index is 2.29. The van der Waals surface area contributed by atoms with Crippen molar-refractivity contribution in [3.63, 3.8) is 0 Å². The maximum Gasteiger partial charge on any atom is 0.287 e. The zero-order valence-electron chi connectivity index (χ0n) is 7.76. The summed E-state index contributed by atoms with van der Waals surface area (Å²) in [6, 6.07) is 14.8. The Kier molecular flexibility index (Phi) is 3.14. The molecule has 2 nitrogen and oxygen atoms in total. The minimum atomic E-state index is 0.191. The third-order valence-corrected chi connectivity index (χ3v) is 3.13. The van der Waals surface area contributed by atoms with Gasteiger partial charge in [0.25, 0.3) is 10.2 Å². The van der Waals surface area contributed by atoms with E-state index in [0.29, 0.717) is 5.03 Å². The highest BCUT2D eigenvalue weighted by Crippen LogP contribution is 2.24. The smallest absolute Gasteiger partial charge is 0.287 e. The third kappa shape index (κ3) is 2.43. The Labute approximate surface area is 97.1 Å². The van der Waals surface area contributed by atoms with Gasteiger partial charge in [0.1, 0.15) is 0 Å². The highest BCUT2D eigenvalue weighted by Gasteiger charge is 2.09. The molecular weight excluding hydrogens is 230 g/mol. The van der Waals surface area contributed by atoms with Crippen LogP contribution in [0, 0.1) is 5.21 Å². The standard InChI is InChI=1S/C11H8ClNOS/c12-10-7-4-8-11(13(10)14)15-9-5-2-1-3-6-9/h1-8H. The maximum atomic E-state index is 11.5. The number of halogens is 1. The molecule has 0 aliphatic rings. The van der Waals surface area contributed by atoms with Crippen molar-refractivity contribution in [2.45, 2.75) is 9.92 Å². The van der Waals surface area contributed by atoms with Crippen LogP contribution in [0.2, 0.25) is 5.15 Å². The van der Waals surface area contributed by atoms with E-state index in [1.54, 1.807) is 18.2 Å². The molecule has 1 aromatic heterocycles. The lowest BCUT2D eigenvalue weighted by Crippen LogP contribution is -2.29. The molecule has 0 atom stereocenters. The fraction of sp³-hybridized carbons (Fsp3) is 0. The molecule has 0 bridgehead atoms. The van der Waals surface area contributed by atoms with Gasteiger partial charge in [-0.05, 0) is 41.6 Å². The molecule has 0 amide bonds. The average Bonchev–Trinajstić information content (AvgIpc) is 2.26. The summed E-state index contributed by atoms with van der Waals surface area (Å²) in [5.41, 5.74) is 0.